The van der Waals surface area contributed by atoms with Gasteiger partial charge >= 0.3 is 0 Å². The van der Waals surface area contributed by atoms with E-state index in [-0.39, 0.29) is 5.54 Å². The Morgan fingerprint density at radius 2 is 1.78 bits per heavy atom. The molecular formula is C15H32N2O. The highest BCUT2D eigenvalue weighted by Crippen LogP contribution is 2.27. The number of hydrogen-bond acceptors (Lipinski definition) is 3. The Labute approximate surface area is 113 Å². The molecule has 1 N–H and O–H groups in total. The second kappa shape index (κ2) is 7.46. The van der Waals surface area contributed by atoms with Crippen LogP contribution in [0.3, 0.4) is 0 Å². The summed E-state index contributed by atoms with van der Waals surface area (Å²) in [6.07, 6.45) is 3.72. The third-order valence-corrected chi connectivity index (χ3v) is 4.69. The maximum Gasteiger partial charge on any atom is 0.0468 e. The lowest BCUT2D eigenvalue weighted by Crippen LogP contribution is -2.57. The molecular weight excluding hydrogens is 224 g/mol. The van der Waals surface area contributed by atoms with E-state index < -0.39 is 0 Å². The zero-order valence-electron chi connectivity index (χ0n) is 13.0. The van der Waals surface area contributed by atoms with E-state index in [4.69, 9.17) is 4.74 Å². The van der Waals surface area contributed by atoms with Gasteiger partial charge in [-0.3, -0.25) is 4.90 Å². The first-order valence-electron chi connectivity index (χ1n) is 7.56. The van der Waals surface area contributed by atoms with E-state index in [2.05, 4.69) is 45.0 Å². The smallest absolute Gasteiger partial charge is 0.0468 e. The first kappa shape index (κ1) is 15.9. The van der Waals surface area contributed by atoms with E-state index in [0.717, 1.165) is 32.2 Å². The van der Waals surface area contributed by atoms with Gasteiger partial charge in [0.05, 0.1) is 0 Å². The molecule has 0 spiro atoms. The Morgan fingerprint density at radius 1 is 1.22 bits per heavy atom. The van der Waals surface area contributed by atoms with Gasteiger partial charge in [-0.15, -0.1) is 0 Å². The summed E-state index contributed by atoms with van der Waals surface area (Å²) >= 11 is 0. The summed E-state index contributed by atoms with van der Waals surface area (Å²) in [6, 6.07) is 0.556. The first-order chi connectivity index (χ1) is 8.56. The van der Waals surface area contributed by atoms with E-state index in [1.54, 1.807) is 0 Å². The van der Waals surface area contributed by atoms with Crippen molar-refractivity contribution in [3.05, 3.63) is 0 Å². The number of ether oxygens (including phenoxy) is 1. The van der Waals surface area contributed by atoms with Crippen LogP contribution in [0.2, 0.25) is 0 Å². The Bertz CT molecular complexity index is 221. The van der Waals surface area contributed by atoms with Crippen LogP contribution in [0.5, 0.6) is 0 Å². The van der Waals surface area contributed by atoms with Crippen molar-refractivity contribution in [1.29, 1.82) is 0 Å². The van der Waals surface area contributed by atoms with Crippen molar-refractivity contribution in [1.82, 2.24) is 10.2 Å². The number of likely N-dealkylation sites (N-methyl/N-ethyl adjacent to an activating group) is 2. The SMILES string of the molecule is CCN(CC)C(C)(C)C(CC1CCOCC1)NC. The number of hydrogen-bond donors (Lipinski definition) is 1. The minimum Gasteiger partial charge on any atom is -0.381 e. The van der Waals surface area contributed by atoms with Gasteiger partial charge in [0.1, 0.15) is 0 Å². The second-order valence-corrected chi connectivity index (χ2v) is 5.96. The maximum atomic E-state index is 5.46. The molecule has 1 aliphatic heterocycles. The summed E-state index contributed by atoms with van der Waals surface area (Å²) in [5.41, 5.74) is 0.219. The van der Waals surface area contributed by atoms with Gasteiger partial charge in [-0.1, -0.05) is 13.8 Å². The zero-order chi connectivity index (χ0) is 13.6. The Kier molecular flexibility index (Phi) is 6.61. The molecule has 0 saturated carbocycles. The van der Waals surface area contributed by atoms with E-state index in [0.29, 0.717) is 6.04 Å². The third kappa shape index (κ3) is 3.94. The van der Waals surface area contributed by atoms with Crippen LogP contribution in [0.1, 0.15) is 47.0 Å². The Balaban J connectivity index is 2.62. The fourth-order valence-corrected chi connectivity index (χ4v) is 3.33. The molecule has 0 aromatic heterocycles. The average Bonchev–Trinajstić information content (AvgIpc) is 2.38. The van der Waals surface area contributed by atoms with Crippen molar-refractivity contribution in [2.75, 3.05) is 33.4 Å². The second-order valence-electron chi connectivity index (χ2n) is 5.96. The van der Waals surface area contributed by atoms with E-state index in [1.165, 1.54) is 19.3 Å². The molecule has 3 heteroatoms. The highest BCUT2D eigenvalue weighted by Gasteiger charge is 2.34. The molecule has 0 radical (unpaired) electrons. The highest BCUT2D eigenvalue weighted by atomic mass is 16.5. The number of nitrogens with one attached hydrogen (secondary N) is 1. The van der Waals surface area contributed by atoms with Crippen LogP contribution in [0.15, 0.2) is 0 Å². The van der Waals surface area contributed by atoms with Gasteiger partial charge < -0.3 is 10.1 Å². The van der Waals surface area contributed by atoms with Gasteiger partial charge in [-0.2, -0.15) is 0 Å². The fourth-order valence-electron chi connectivity index (χ4n) is 3.33. The van der Waals surface area contributed by atoms with Crippen molar-refractivity contribution in [2.24, 2.45) is 5.92 Å². The lowest BCUT2D eigenvalue weighted by molar-refractivity contribution is 0.0404. The molecule has 108 valence electrons. The van der Waals surface area contributed by atoms with E-state index in [9.17, 15) is 0 Å². The van der Waals surface area contributed by atoms with Crippen LogP contribution in [-0.4, -0.2) is 49.8 Å². The number of rotatable bonds is 7. The monoisotopic (exact) mass is 256 g/mol. The van der Waals surface area contributed by atoms with Crippen LogP contribution >= 0.6 is 0 Å². The fraction of sp³-hybridized carbons (Fsp3) is 1.00. The van der Waals surface area contributed by atoms with Crippen molar-refractivity contribution in [3.63, 3.8) is 0 Å². The summed E-state index contributed by atoms with van der Waals surface area (Å²) in [5, 5.41) is 3.56. The van der Waals surface area contributed by atoms with Crippen LogP contribution < -0.4 is 5.32 Å². The molecule has 1 rings (SSSR count). The van der Waals surface area contributed by atoms with Gasteiger partial charge in [0, 0.05) is 24.8 Å². The summed E-state index contributed by atoms with van der Waals surface area (Å²) < 4.78 is 5.46. The van der Waals surface area contributed by atoms with Gasteiger partial charge in [-0.05, 0) is 59.2 Å². The van der Waals surface area contributed by atoms with Crippen molar-refractivity contribution >= 4 is 0 Å². The van der Waals surface area contributed by atoms with Crippen molar-refractivity contribution in [2.45, 2.75) is 58.5 Å². The Hall–Kier alpha value is -0.120. The van der Waals surface area contributed by atoms with Crippen LogP contribution in [0.25, 0.3) is 0 Å². The van der Waals surface area contributed by atoms with Crippen LogP contribution in [0.4, 0.5) is 0 Å². The summed E-state index contributed by atoms with van der Waals surface area (Å²) in [7, 11) is 2.11. The standard InChI is InChI=1S/C15H32N2O/c1-6-17(7-2)15(3,4)14(16-5)12-13-8-10-18-11-9-13/h13-14,16H,6-12H2,1-5H3. The predicted octanol–water partition coefficient (Wildman–Crippen LogP) is 2.51. The normalized spacial score (nSPS) is 20.3. The molecule has 1 unspecified atom stereocenters. The summed E-state index contributed by atoms with van der Waals surface area (Å²) in [5.74, 6) is 0.825. The molecule has 1 saturated heterocycles. The molecule has 0 bridgehead atoms. The molecule has 1 heterocycles. The van der Waals surface area contributed by atoms with E-state index in [1.807, 2.05) is 0 Å². The molecule has 0 amide bonds. The predicted molar refractivity (Wildman–Crippen MR) is 78.0 cm³/mol. The molecule has 0 aromatic carbocycles. The molecule has 3 nitrogen and oxygen atoms in total. The highest BCUT2D eigenvalue weighted by molar-refractivity contribution is 4.93. The summed E-state index contributed by atoms with van der Waals surface area (Å²) in [4.78, 5) is 2.56. The quantitative estimate of drug-likeness (QED) is 0.757. The summed E-state index contributed by atoms with van der Waals surface area (Å²) in [6.45, 7) is 13.4. The Morgan fingerprint density at radius 3 is 2.22 bits per heavy atom. The molecule has 0 aliphatic carbocycles. The van der Waals surface area contributed by atoms with Crippen molar-refractivity contribution < 1.29 is 4.74 Å². The number of nitrogens with zero attached hydrogens (tertiary/aromatic N) is 1. The van der Waals surface area contributed by atoms with Gasteiger partial charge in [0.2, 0.25) is 0 Å². The lowest BCUT2D eigenvalue weighted by Gasteiger charge is -2.45. The minimum absolute atomic E-state index is 0.219. The molecule has 1 aliphatic rings. The molecule has 18 heavy (non-hydrogen) atoms. The zero-order valence-corrected chi connectivity index (χ0v) is 13.0. The largest absolute Gasteiger partial charge is 0.381 e. The maximum absolute atomic E-state index is 5.46. The third-order valence-electron chi connectivity index (χ3n) is 4.69. The lowest BCUT2D eigenvalue weighted by atomic mass is 9.82. The van der Waals surface area contributed by atoms with Crippen LogP contribution in [0, 0.1) is 5.92 Å². The average molecular weight is 256 g/mol. The van der Waals surface area contributed by atoms with Crippen molar-refractivity contribution in [3.8, 4) is 0 Å². The first-order valence-corrected chi connectivity index (χ1v) is 7.56. The van der Waals surface area contributed by atoms with Gasteiger partial charge in [0.25, 0.3) is 0 Å². The molecule has 1 fully saturated rings. The van der Waals surface area contributed by atoms with E-state index >= 15 is 0 Å². The minimum atomic E-state index is 0.219. The molecule has 1 atom stereocenters. The molecule has 0 aromatic rings. The van der Waals surface area contributed by atoms with Crippen LogP contribution in [-0.2, 0) is 4.74 Å². The topological polar surface area (TPSA) is 24.5 Å². The van der Waals surface area contributed by atoms with Gasteiger partial charge in [-0.25, -0.2) is 0 Å². The van der Waals surface area contributed by atoms with Gasteiger partial charge in [0.15, 0.2) is 0 Å².